The number of aliphatic hydroxyl groups excluding tert-OH is 1. The second-order valence-electron chi connectivity index (χ2n) is 2.46. The summed E-state index contributed by atoms with van der Waals surface area (Å²) in [4.78, 5) is 12.1. The molecule has 0 unspecified atom stereocenters. The number of nitrogens with zero attached hydrogens (tertiary/aromatic N) is 3. The lowest BCUT2D eigenvalue weighted by atomic mass is 10.7. The fourth-order valence-corrected chi connectivity index (χ4v) is 0.846. The van der Waals surface area contributed by atoms with E-state index in [9.17, 15) is 0 Å². The van der Waals surface area contributed by atoms with Crippen molar-refractivity contribution in [2.24, 2.45) is 0 Å². The molecule has 1 aromatic rings. The molecular weight excluding hydrogens is 184 g/mol. The maximum atomic E-state index is 8.62. The molecule has 0 fully saturated rings. The van der Waals surface area contributed by atoms with E-state index in [1.54, 1.807) is 14.1 Å². The molecule has 4 N–H and O–H groups in total. The maximum Gasteiger partial charge on any atom is 0.229 e. The Labute approximate surface area is 82.0 Å². The number of aromatic nitrogens is 3. The molecule has 7 heteroatoms. The number of nitrogens with one attached hydrogen (secondary N) is 3. The molecular formula is C7H14N6O. The first-order valence-electron chi connectivity index (χ1n) is 4.26. The molecule has 14 heavy (non-hydrogen) atoms. The van der Waals surface area contributed by atoms with Gasteiger partial charge in [-0.3, -0.25) is 0 Å². The lowest BCUT2D eigenvalue weighted by Gasteiger charge is -2.06. The Morgan fingerprint density at radius 3 is 1.93 bits per heavy atom. The summed E-state index contributed by atoms with van der Waals surface area (Å²) in [6.07, 6.45) is 0. The van der Waals surface area contributed by atoms with Crippen LogP contribution in [0.25, 0.3) is 0 Å². The van der Waals surface area contributed by atoms with Crippen LogP contribution in [-0.2, 0) is 0 Å². The molecule has 0 atom stereocenters. The van der Waals surface area contributed by atoms with E-state index < -0.39 is 0 Å². The van der Waals surface area contributed by atoms with E-state index in [1.807, 2.05) is 0 Å². The van der Waals surface area contributed by atoms with Gasteiger partial charge in [0, 0.05) is 20.6 Å². The van der Waals surface area contributed by atoms with E-state index in [-0.39, 0.29) is 6.61 Å². The second kappa shape index (κ2) is 5.18. The minimum Gasteiger partial charge on any atom is -0.395 e. The maximum absolute atomic E-state index is 8.62. The lowest BCUT2D eigenvalue weighted by Crippen LogP contribution is -2.12. The summed E-state index contributed by atoms with van der Waals surface area (Å²) in [6.45, 7) is 0.450. The van der Waals surface area contributed by atoms with Gasteiger partial charge in [0.05, 0.1) is 6.61 Å². The standard InChI is InChI=1S/C7H14N6O/c1-8-5-11-6(9-2)13-7(12-5)10-3-4-14/h14H,3-4H2,1-2H3,(H3,8,9,10,11,12,13). The third kappa shape index (κ3) is 2.70. The van der Waals surface area contributed by atoms with E-state index in [0.29, 0.717) is 24.4 Å². The average molecular weight is 198 g/mol. The van der Waals surface area contributed by atoms with Gasteiger partial charge in [-0.25, -0.2) is 0 Å². The number of aliphatic hydroxyl groups is 1. The van der Waals surface area contributed by atoms with Crippen molar-refractivity contribution in [3.05, 3.63) is 0 Å². The minimum absolute atomic E-state index is 0.0372. The number of hydrogen-bond acceptors (Lipinski definition) is 7. The fraction of sp³-hybridized carbons (Fsp3) is 0.571. The van der Waals surface area contributed by atoms with Gasteiger partial charge >= 0.3 is 0 Å². The van der Waals surface area contributed by atoms with Crippen LogP contribution in [0.3, 0.4) is 0 Å². The molecule has 0 radical (unpaired) electrons. The normalized spacial score (nSPS) is 9.64. The van der Waals surface area contributed by atoms with Gasteiger partial charge < -0.3 is 21.1 Å². The summed E-state index contributed by atoms with van der Waals surface area (Å²) in [6, 6.07) is 0. The summed E-state index contributed by atoms with van der Waals surface area (Å²) in [5.41, 5.74) is 0. The van der Waals surface area contributed by atoms with Gasteiger partial charge in [0.1, 0.15) is 0 Å². The van der Waals surface area contributed by atoms with Crippen LogP contribution in [0.15, 0.2) is 0 Å². The van der Waals surface area contributed by atoms with Gasteiger partial charge in [0.2, 0.25) is 17.8 Å². The van der Waals surface area contributed by atoms with Gasteiger partial charge in [0.15, 0.2) is 0 Å². The minimum atomic E-state index is 0.0372. The van der Waals surface area contributed by atoms with Crippen molar-refractivity contribution in [3.8, 4) is 0 Å². The highest BCUT2D eigenvalue weighted by Crippen LogP contribution is 2.07. The first kappa shape index (κ1) is 10.5. The summed E-state index contributed by atoms with van der Waals surface area (Å²) < 4.78 is 0. The van der Waals surface area contributed by atoms with Crippen LogP contribution < -0.4 is 16.0 Å². The van der Waals surface area contributed by atoms with Crippen LogP contribution in [-0.4, -0.2) is 47.3 Å². The predicted molar refractivity (Wildman–Crippen MR) is 54.5 cm³/mol. The largest absolute Gasteiger partial charge is 0.395 e. The van der Waals surface area contributed by atoms with Crippen LogP contribution in [0.1, 0.15) is 0 Å². The van der Waals surface area contributed by atoms with E-state index in [4.69, 9.17) is 5.11 Å². The Hall–Kier alpha value is -1.63. The highest BCUT2D eigenvalue weighted by atomic mass is 16.3. The van der Waals surface area contributed by atoms with Crippen molar-refractivity contribution in [2.75, 3.05) is 43.2 Å². The van der Waals surface area contributed by atoms with Crippen LogP contribution >= 0.6 is 0 Å². The number of hydrogen-bond donors (Lipinski definition) is 4. The molecule has 0 saturated carbocycles. The molecule has 7 nitrogen and oxygen atoms in total. The van der Waals surface area contributed by atoms with Crippen molar-refractivity contribution in [3.63, 3.8) is 0 Å². The van der Waals surface area contributed by atoms with Gasteiger partial charge in [-0.15, -0.1) is 0 Å². The number of anilines is 3. The summed E-state index contributed by atoms with van der Waals surface area (Å²) in [5, 5.41) is 17.1. The van der Waals surface area contributed by atoms with E-state index in [2.05, 4.69) is 30.9 Å². The van der Waals surface area contributed by atoms with Crippen molar-refractivity contribution in [2.45, 2.75) is 0 Å². The van der Waals surface area contributed by atoms with Gasteiger partial charge in [-0.2, -0.15) is 15.0 Å². The van der Waals surface area contributed by atoms with Crippen molar-refractivity contribution in [1.82, 2.24) is 15.0 Å². The monoisotopic (exact) mass is 198 g/mol. The third-order valence-corrected chi connectivity index (χ3v) is 1.48. The second-order valence-corrected chi connectivity index (χ2v) is 2.46. The molecule has 0 aliphatic carbocycles. The Kier molecular flexibility index (Phi) is 3.86. The Morgan fingerprint density at radius 2 is 1.50 bits per heavy atom. The zero-order valence-corrected chi connectivity index (χ0v) is 8.20. The highest BCUT2D eigenvalue weighted by molar-refractivity contribution is 5.41. The van der Waals surface area contributed by atoms with E-state index in [1.165, 1.54) is 0 Å². The van der Waals surface area contributed by atoms with Crippen molar-refractivity contribution >= 4 is 17.8 Å². The molecule has 78 valence electrons. The fourth-order valence-electron chi connectivity index (χ4n) is 0.846. The lowest BCUT2D eigenvalue weighted by molar-refractivity contribution is 0.311. The predicted octanol–water partition coefficient (Wildman–Crippen LogP) is -0.641. The molecule has 0 bridgehead atoms. The van der Waals surface area contributed by atoms with E-state index in [0.717, 1.165) is 0 Å². The molecule has 0 aliphatic heterocycles. The molecule has 1 aromatic heterocycles. The smallest absolute Gasteiger partial charge is 0.229 e. The Morgan fingerprint density at radius 1 is 1.00 bits per heavy atom. The average Bonchev–Trinajstić information content (AvgIpc) is 2.25. The molecule has 0 saturated heterocycles. The summed E-state index contributed by atoms with van der Waals surface area (Å²) in [5.74, 6) is 1.39. The molecule has 0 aliphatic rings. The van der Waals surface area contributed by atoms with Gasteiger partial charge in [-0.05, 0) is 0 Å². The first-order chi connectivity index (χ1) is 6.80. The third-order valence-electron chi connectivity index (χ3n) is 1.48. The zero-order chi connectivity index (χ0) is 10.4. The van der Waals surface area contributed by atoms with Gasteiger partial charge in [0.25, 0.3) is 0 Å². The van der Waals surface area contributed by atoms with Crippen LogP contribution in [0, 0.1) is 0 Å². The van der Waals surface area contributed by atoms with Gasteiger partial charge in [-0.1, -0.05) is 0 Å². The zero-order valence-electron chi connectivity index (χ0n) is 8.20. The molecule has 0 amide bonds. The van der Waals surface area contributed by atoms with E-state index >= 15 is 0 Å². The van der Waals surface area contributed by atoms with Crippen LogP contribution in [0.2, 0.25) is 0 Å². The Bertz CT molecular complexity index is 269. The first-order valence-corrected chi connectivity index (χ1v) is 4.26. The Balaban J connectivity index is 2.81. The van der Waals surface area contributed by atoms with Crippen LogP contribution in [0.4, 0.5) is 17.8 Å². The SMILES string of the molecule is CNc1nc(NC)nc(NCCO)n1. The van der Waals surface area contributed by atoms with Crippen LogP contribution in [0.5, 0.6) is 0 Å². The molecule has 0 spiro atoms. The number of rotatable bonds is 5. The summed E-state index contributed by atoms with van der Waals surface area (Å²) >= 11 is 0. The molecule has 1 heterocycles. The van der Waals surface area contributed by atoms with Crippen molar-refractivity contribution < 1.29 is 5.11 Å². The van der Waals surface area contributed by atoms with Crippen molar-refractivity contribution in [1.29, 1.82) is 0 Å². The highest BCUT2D eigenvalue weighted by Gasteiger charge is 2.02. The summed E-state index contributed by atoms with van der Waals surface area (Å²) in [7, 11) is 3.45. The molecule has 1 rings (SSSR count). The molecule has 0 aromatic carbocycles. The topological polar surface area (TPSA) is 95.0 Å². The quantitative estimate of drug-likeness (QED) is 0.500.